The summed E-state index contributed by atoms with van der Waals surface area (Å²) in [7, 11) is 0. The van der Waals surface area contributed by atoms with E-state index >= 15 is 0 Å². The lowest BCUT2D eigenvalue weighted by Crippen LogP contribution is -1.99. The third-order valence-corrected chi connectivity index (χ3v) is 2.82. The molecule has 2 aromatic carbocycles. The van der Waals surface area contributed by atoms with Crippen molar-refractivity contribution in [1.29, 1.82) is 0 Å². The van der Waals surface area contributed by atoms with E-state index < -0.39 is 11.6 Å². The van der Waals surface area contributed by atoms with Gasteiger partial charge < -0.3 is 11.1 Å². The van der Waals surface area contributed by atoms with E-state index in [4.69, 9.17) is 28.9 Å². The van der Waals surface area contributed by atoms with Crippen molar-refractivity contribution in [3.63, 3.8) is 0 Å². The third-order valence-electron chi connectivity index (χ3n) is 2.29. The lowest BCUT2D eigenvalue weighted by molar-refractivity contribution is 0.629. The first-order valence-electron chi connectivity index (χ1n) is 4.94. The number of hydrogen-bond acceptors (Lipinski definition) is 2. The van der Waals surface area contributed by atoms with Crippen LogP contribution in [0.15, 0.2) is 30.3 Å². The predicted octanol–water partition coefficient (Wildman–Crippen LogP) is 4.60. The Bertz CT molecular complexity index is 603. The second-order valence-corrected chi connectivity index (χ2v) is 4.45. The van der Waals surface area contributed by atoms with Gasteiger partial charge in [0.05, 0.1) is 22.1 Å². The Hall–Kier alpha value is -1.52. The van der Waals surface area contributed by atoms with E-state index in [0.717, 1.165) is 12.1 Å². The number of nitrogens with two attached hydrogens (primary N) is 1. The average Bonchev–Trinajstić information content (AvgIpc) is 2.29. The average molecular weight is 289 g/mol. The molecule has 0 fully saturated rings. The summed E-state index contributed by atoms with van der Waals surface area (Å²) in [4.78, 5) is 0. The van der Waals surface area contributed by atoms with Gasteiger partial charge in [0.15, 0.2) is 0 Å². The Morgan fingerprint density at radius 2 is 1.67 bits per heavy atom. The molecule has 2 rings (SSSR count). The molecule has 0 atom stereocenters. The number of nitrogen functional groups attached to an aromatic ring is 1. The monoisotopic (exact) mass is 288 g/mol. The maximum absolute atomic E-state index is 13.6. The molecular formula is C12H8Cl2F2N2. The van der Waals surface area contributed by atoms with Crippen molar-refractivity contribution in [3.05, 3.63) is 52.0 Å². The number of hydrogen-bond donors (Lipinski definition) is 2. The molecule has 18 heavy (non-hydrogen) atoms. The minimum absolute atomic E-state index is 0.0962. The molecular weight excluding hydrogens is 281 g/mol. The summed E-state index contributed by atoms with van der Waals surface area (Å²) in [5, 5.41) is 2.91. The molecule has 0 saturated heterocycles. The van der Waals surface area contributed by atoms with Gasteiger partial charge in [0, 0.05) is 11.1 Å². The zero-order valence-corrected chi connectivity index (χ0v) is 10.5. The van der Waals surface area contributed by atoms with Gasteiger partial charge in [0.2, 0.25) is 0 Å². The molecule has 0 heterocycles. The zero-order chi connectivity index (χ0) is 13.3. The first kappa shape index (κ1) is 12.9. The molecule has 0 amide bonds. The van der Waals surface area contributed by atoms with Crippen LogP contribution in [-0.2, 0) is 0 Å². The molecule has 2 nitrogen and oxygen atoms in total. The predicted molar refractivity (Wildman–Crippen MR) is 70.5 cm³/mol. The van der Waals surface area contributed by atoms with Crippen LogP contribution in [0, 0.1) is 11.6 Å². The van der Waals surface area contributed by atoms with Gasteiger partial charge in [-0.3, -0.25) is 0 Å². The second kappa shape index (κ2) is 5.00. The molecule has 0 spiro atoms. The molecule has 3 N–H and O–H groups in total. The minimum atomic E-state index is -0.628. The molecule has 0 bridgehead atoms. The summed E-state index contributed by atoms with van der Waals surface area (Å²) in [5.74, 6) is -1.17. The van der Waals surface area contributed by atoms with Crippen molar-refractivity contribution < 1.29 is 8.78 Å². The number of benzene rings is 2. The maximum atomic E-state index is 13.6. The summed E-state index contributed by atoms with van der Waals surface area (Å²) < 4.78 is 26.7. The standard InChI is InChI=1S/C12H8Cl2F2N2/c13-6-1-2-11(9(16)3-6)18-12-4-7(14)8(15)5-10(12)17/h1-5,18H,17H2. The number of anilines is 3. The molecule has 0 aliphatic rings. The lowest BCUT2D eigenvalue weighted by Gasteiger charge is -2.11. The van der Waals surface area contributed by atoms with E-state index in [-0.39, 0.29) is 21.4 Å². The van der Waals surface area contributed by atoms with Gasteiger partial charge in [0.1, 0.15) is 11.6 Å². The van der Waals surface area contributed by atoms with Crippen molar-refractivity contribution in [2.75, 3.05) is 11.1 Å². The van der Waals surface area contributed by atoms with Crippen LogP contribution in [0.1, 0.15) is 0 Å². The fourth-order valence-electron chi connectivity index (χ4n) is 1.41. The van der Waals surface area contributed by atoms with E-state index in [1.165, 1.54) is 18.2 Å². The van der Waals surface area contributed by atoms with E-state index in [0.29, 0.717) is 5.69 Å². The normalized spacial score (nSPS) is 10.4. The van der Waals surface area contributed by atoms with Crippen LogP contribution in [0.2, 0.25) is 10.0 Å². The highest BCUT2D eigenvalue weighted by molar-refractivity contribution is 6.31. The van der Waals surface area contributed by atoms with E-state index in [1.54, 1.807) is 0 Å². The Balaban J connectivity index is 2.37. The van der Waals surface area contributed by atoms with Gasteiger partial charge in [0.25, 0.3) is 0 Å². The van der Waals surface area contributed by atoms with Crippen molar-refractivity contribution in [2.24, 2.45) is 0 Å². The molecule has 0 unspecified atom stereocenters. The van der Waals surface area contributed by atoms with Crippen LogP contribution >= 0.6 is 23.2 Å². The Kier molecular flexibility index (Phi) is 3.59. The third kappa shape index (κ3) is 2.66. The quantitative estimate of drug-likeness (QED) is 0.793. The summed E-state index contributed by atoms with van der Waals surface area (Å²) in [6, 6.07) is 6.49. The molecule has 0 aliphatic carbocycles. The molecule has 0 radical (unpaired) electrons. The molecule has 0 saturated carbocycles. The Labute approximate surface area is 112 Å². The zero-order valence-electron chi connectivity index (χ0n) is 8.98. The molecule has 0 aromatic heterocycles. The molecule has 94 valence electrons. The van der Waals surface area contributed by atoms with Crippen molar-refractivity contribution in [3.8, 4) is 0 Å². The number of rotatable bonds is 2. The van der Waals surface area contributed by atoms with Crippen molar-refractivity contribution in [1.82, 2.24) is 0 Å². The second-order valence-electron chi connectivity index (χ2n) is 3.60. The minimum Gasteiger partial charge on any atom is -0.397 e. The summed E-state index contributed by atoms with van der Waals surface area (Å²) >= 11 is 11.3. The highest BCUT2D eigenvalue weighted by Gasteiger charge is 2.09. The number of halogens is 4. The van der Waals surface area contributed by atoms with Crippen LogP contribution < -0.4 is 11.1 Å². The SMILES string of the molecule is Nc1cc(F)c(Cl)cc1Nc1ccc(Cl)cc1F. The van der Waals surface area contributed by atoms with Gasteiger partial charge in [-0.25, -0.2) is 8.78 Å². The van der Waals surface area contributed by atoms with Gasteiger partial charge >= 0.3 is 0 Å². The molecule has 2 aromatic rings. The van der Waals surface area contributed by atoms with Crippen LogP contribution in [-0.4, -0.2) is 0 Å². The Morgan fingerprint density at radius 1 is 0.944 bits per heavy atom. The highest BCUT2D eigenvalue weighted by Crippen LogP contribution is 2.30. The van der Waals surface area contributed by atoms with E-state index in [2.05, 4.69) is 5.32 Å². The van der Waals surface area contributed by atoms with E-state index in [9.17, 15) is 8.78 Å². The first-order valence-corrected chi connectivity index (χ1v) is 5.69. The summed E-state index contributed by atoms with van der Waals surface area (Å²) in [5.41, 5.74) is 6.24. The topological polar surface area (TPSA) is 38.0 Å². The van der Waals surface area contributed by atoms with Gasteiger partial charge in [-0.15, -0.1) is 0 Å². The van der Waals surface area contributed by atoms with Gasteiger partial charge in [-0.1, -0.05) is 23.2 Å². The fourth-order valence-corrected chi connectivity index (χ4v) is 1.73. The molecule has 6 heteroatoms. The fraction of sp³-hybridized carbons (Fsp3) is 0. The van der Waals surface area contributed by atoms with Crippen LogP contribution in [0.25, 0.3) is 0 Å². The molecule has 0 aliphatic heterocycles. The number of nitrogens with one attached hydrogen (secondary N) is 1. The van der Waals surface area contributed by atoms with Gasteiger partial charge in [-0.05, 0) is 24.3 Å². The van der Waals surface area contributed by atoms with Crippen LogP contribution in [0.5, 0.6) is 0 Å². The largest absolute Gasteiger partial charge is 0.397 e. The smallest absolute Gasteiger partial charge is 0.148 e. The van der Waals surface area contributed by atoms with E-state index in [1.807, 2.05) is 0 Å². The van der Waals surface area contributed by atoms with Gasteiger partial charge in [-0.2, -0.15) is 0 Å². The van der Waals surface area contributed by atoms with Crippen LogP contribution in [0.4, 0.5) is 25.8 Å². The van der Waals surface area contributed by atoms with Crippen molar-refractivity contribution >= 4 is 40.3 Å². The summed E-state index contributed by atoms with van der Waals surface area (Å²) in [6.07, 6.45) is 0. The highest BCUT2D eigenvalue weighted by atomic mass is 35.5. The first-order chi connectivity index (χ1) is 8.47. The lowest BCUT2D eigenvalue weighted by atomic mass is 10.2. The van der Waals surface area contributed by atoms with Crippen LogP contribution in [0.3, 0.4) is 0 Å². The van der Waals surface area contributed by atoms with Crippen molar-refractivity contribution in [2.45, 2.75) is 0 Å². The maximum Gasteiger partial charge on any atom is 0.148 e. The Morgan fingerprint density at radius 3 is 2.33 bits per heavy atom. The summed E-state index contributed by atoms with van der Waals surface area (Å²) in [6.45, 7) is 0.